The van der Waals surface area contributed by atoms with Crippen molar-refractivity contribution >= 4 is 11.8 Å². The molecule has 2 atom stereocenters. The molecule has 0 radical (unpaired) electrons. The summed E-state index contributed by atoms with van der Waals surface area (Å²) in [7, 11) is 2.12. The second-order valence-electron chi connectivity index (χ2n) is 9.13. The third-order valence-electron chi connectivity index (χ3n) is 5.62. The fourth-order valence-corrected chi connectivity index (χ4v) is 4.06. The molecule has 1 aromatic heterocycles. The molecule has 2 aliphatic rings. The number of ether oxygens (including phenoxy) is 2. The number of pyridine rings is 1. The molecule has 0 unspecified atom stereocenters. The largest absolute Gasteiger partial charge is 0.473 e. The van der Waals surface area contributed by atoms with Gasteiger partial charge in [0, 0.05) is 44.0 Å². The van der Waals surface area contributed by atoms with E-state index >= 15 is 0 Å². The molecule has 8 nitrogen and oxygen atoms in total. The lowest BCUT2D eigenvalue weighted by atomic mass is 10.1. The minimum atomic E-state index is -0.503. The van der Waals surface area contributed by atoms with E-state index in [4.69, 9.17) is 9.47 Å². The van der Waals surface area contributed by atoms with Gasteiger partial charge in [0.05, 0.1) is 0 Å². The number of hydrogen-bond acceptors (Lipinski definition) is 7. The maximum absolute atomic E-state index is 12.3. The summed E-state index contributed by atoms with van der Waals surface area (Å²) in [5.74, 6) is 0.478. The molecule has 1 amide bonds. The van der Waals surface area contributed by atoms with Crippen molar-refractivity contribution in [2.45, 2.75) is 58.3 Å². The molecule has 0 saturated carbocycles. The molecule has 0 N–H and O–H groups in total. The Morgan fingerprint density at radius 1 is 1.23 bits per heavy atom. The molecule has 0 spiro atoms. The van der Waals surface area contributed by atoms with Crippen molar-refractivity contribution in [3.63, 3.8) is 0 Å². The fourth-order valence-electron chi connectivity index (χ4n) is 4.06. The Morgan fingerprint density at radius 3 is 2.50 bits per heavy atom. The Labute approximate surface area is 179 Å². The number of carbonyl (C=O) groups is 1. The molecule has 2 aliphatic heterocycles. The van der Waals surface area contributed by atoms with E-state index in [-0.39, 0.29) is 12.2 Å². The number of likely N-dealkylation sites (N-methyl/N-ethyl adjacent to an activating group) is 1. The van der Waals surface area contributed by atoms with Crippen molar-refractivity contribution < 1.29 is 14.3 Å². The zero-order chi connectivity index (χ0) is 21.9. The van der Waals surface area contributed by atoms with Crippen LogP contribution in [0.1, 0.15) is 46.2 Å². The Bertz CT molecular complexity index is 793. The van der Waals surface area contributed by atoms with Crippen molar-refractivity contribution in [1.82, 2.24) is 14.8 Å². The van der Waals surface area contributed by atoms with Crippen LogP contribution in [0.4, 0.5) is 10.5 Å². The summed E-state index contributed by atoms with van der Waals surface area (Å²) in [5, 5.41) is 9.43. The van der Waals surface area contributed by atoms with Crippen molar-refractivity contribution in [1.29, 1.82) is 5.26 Å². The van der Waals surface area contributed by atoms with E-state index in [1.54, 1.807) is 11.0 Å². The standard InChI is InChI=1S/C22H33N5O3/c1-16(19-7-6-8-25(19)5)29-20-14-18(13-17(15-23)24-20)26-9-11-27(12-10-26)21(28)30-22(2,3)4/h13-14,16,19H,6-12H2,1-5H3/t16-,19-/m0/s1. The zero-order valence-corrected chi connectivity index (χ0v) is 18.7. The summed E-state index contributed by atoms with van der Waals surface area (Å²) in [6.07, 6.45) is 1.99. The topological polar surface area (TPSA) is 81.9 Å². The first-order valence-electron chi connectivity index (χ1n) is 10.7. The van der Waals surface area contributed by atoms with Crippen LogP contribution in [0, 0.1) is 11.3 Å². The molecule has 2 fully saturated rings. The molecule has 8 heteroatoms. The predicted octanol–water partition coefficient (Wildman–Crippen LogP) is 2.87. The molecule has 0 aromatic carbocycles. The first-order chi connectivity index (χ1) is 14.2. The lowest BCUT2D eigenvalue weighted by molar-refractivity contribution is 0.0240. The average molecular weight is 416 g/mol. The number of nitriles is 1. The van der Waals surface area contributed by atoms with E-state index < -0.39 is 5.60 Å². The molecule has 3 heterocycles. The van der Waals surface area contributed by atoms with Gasteiger partial charge in [-0.3, -0.25) is 4.90 Å². The number of likely N-dealkylation sites (tertiary alicyclic amines) is 1. The number of carbonyl (C=O) groups excluding carboxylic acids is 1. The van der Waals surface area contributed by atoms with Gasteiger partial charge in [-0.05, 0) is 60.2 Å². The van der Waals surface area contributed by atoms with Crippen LogP contribution in [0.15, 0.2) is 12.1 Å². The molecular weight excluding hydrogens is 382 g/mol. The molecule has 3 rings (SSSR count). The minimum Gasteiger partial charge on any atom is -0.473 e. The van der Waals surface area contributed by atoms with E-state index in [2.05, 4.69) is 34.8 Å². The zero-order valence-electron chi connectivity index (χ0n) is 18.7. The lowest BCUT2D eigenvalue weighted by Gasteiger charge is -2.37. The van der Waals surface area contributed by atoms with Gasteiger partial charge in [-0.1, -0.05) is 0 Å². The van der Waals surface area contributed by atoms with Crippen LogP contribution in [0.5, 0.6) is 5.88 Å². The predicted molar refractivity (Wildman–Crippen MR) is 115 cm³/mol. The monoisotopic (exact) mass is 415 g/mol. The van der Waals surface area contributed by atoms with Crippen LogP contribution in [-0.2, 0) is 4.74 Å². The highest BCUT2D eigenvalue weighted by molar-refractivity contribution is 5.68. The van der Waals surface area contributed by atoms with Crippen molar-refractivity contribution in [3.05, 3.63) is 17.8 Å². The number of nitrogens with zero attached hydrogens (tertiary/aromatic N) is 5. The smallest absolute Gasteiger partial charge is 0.410 e. The van der Waals surface area contributed by atoms with Crippen LogP contribution in [0.2, 0.25) is 0 Å². The molecule has 164 valence electrons. The molecular formula is C22H33N5O3. The van der Waals surface area contributed by atoms with E-state index in [0.29, 0.717) is 43.8 Å². The van der Waals surface area contributed by atoms with E-state index in [1.807, 2.05) is 26.8 Å². The van der Waals surface area contributed by atoms with Crippen molar-refractivity contribution in [3.8, 4) is 11.9 Å². The van der Waals surface area contributed by atoms with Crippen molar-refractivity contribution in [2.24, 2.45) is 0 Å². The van der Waals surface area contributed by atoms with E-state index in [9.17, 15) is 10.1 Å². The van der Waals surface area contributed by atoms with Gasteiger partial charge in [0.15, 0.2) is 0 Å². The van der Waals surface area contributed by atoms with Gasteiger partial charge in [0.1, 0.15) is 23.5 Å². The Morgan fingerprint density at radius 2 is 1.93 bits per heavy atom. The van der Waals surface area contributed by atoms with E-state index in [0.717, 1.165) is 18.7 Å². The second kappa shape index (κ2) is 9.09. The summed E-state index contributed by atoms with van der Waals surface area (Å²) in [6, 6.07) is 6.18. The van der Waals surface area contributed by atoms with Crippen LogP contribution in [0.25, 0.3) is 0 Å². The Hall–Kier alpha value is -2.53. The SMILES string of the molecule is C[C@H](Oc1cc(N2CCN(C(=O)OC(C)(C)C)CC2)cc(C#N)n1)[C@@H]1CCCN1C. The van der Waals surface area contributed by atoms with Gasteiger partial charge < -0.3 is 19.3 Å². The average Bonchev–Trinajstić information content (AvgIpc) is 3.12. The lowest BCUT2D eigenvalue weighted by Crippen LogP contribution is -2.50. The van der Waals surface area contributed by atoms with Crippen LogP contribution in [0.3, 0.4) is 0 Å². The summed E-state index contributed by atoms with van der Waals surface area (Å²) in [6.45, 7) is 11.2. The number of rotatable bonds is 4. The number of aromatic nitrogens is 1. The van der Waals surface area contributed by atoms with Gasteiger partial charge in [-0.15, -0.1) is 0 Å². The first kappa shape index (κ1) is 22.2. The van der Waals surface area contributed by atoms with Gasteiger partial charge in [0.2, 0.25) is 5.88 Å². The molecule has 2 saturated heterocycles. The third-order valence-corrected chi connectivity index (χ3v) is 5.62. The van der Waals surface area contributed by atoms with Gasteiger partial charge in [0.25, 0.3) is 0 Å². The van der Waals surface area contributed by atoms with Gasteiger partial charge >= 0.3 is 6.09 Å². The fraction of sp³-hybridized carbons (Fsp3) is 0.682. The number of piperazine rings is 1. The number of hydrogen-bond donors (Lipinski definition) is 0. The Kier molecular flexibility index (Phi) is 6.71. The molecule has 0 aliphatic carbocycles. The second-order valence-corrected chi connectivity index (χ2v) is 9.13. The van der Waals surface area contributed by atoms with Gasteiger partial charge in [-0.2, -0.15) is 5.26 Å². The summed E-state index contributed by atoms with van der Waals surface area (Å²) in [5.41, 5.74) is 0.730. The Balaban J connectivity index is 1.66. The maximum Gasteiger partial charge on any atom is 0.410 e. The normalized spacial score (nSPS) is 21.3. The van der Waals surface area contributed by atoms with Gasteiger partial charge in [-0.25, -0.2) is 9.78 Å². The molecule has 1 aromatic rings. The summed E-state index contributed by atoms with van der Waals surface area (Å²) < 4.78 is 11.6. The quantitative estimate of drug-likeness (QED) is 0.748. The highest BCUT2D eigenvalue weighted by Gasteiger charge is 2.29. The van der Waals surface area contributed by atoms with Crippen LogP contribution < -0.4 is 9.64 Å². The third kappa shape index (κ3) is 5.54. The van der Waals surface area contributed by atoms with Crippen LogP contribution in [-0.4, -0.2) is 78.4 Å². The van der Waals surface area contributed by atoms with Crippen molar-refractivity contribution in [2.75, 3.05) is 44.7 Å². The maximum atomic E-state index is 12.3. The number of amides is 1. The van der Waals surface area contributed by atoms with Crippen LogP contribution >= 0.6 is 0 Å². The highest BCUT2D eigenvalue weighted by Crippen LogP contribution is 2.26. The summed E-state index contributed by atoms with van der Waals surface area (Å²) in [4.78, 5) is 22.8. The number of anilines is 1. The van der Waals surface area contributed by atoms with E-state index in [1.165, 1.54) is 6.42 Å². The highest BCUT2D eigenvalue weighted by atomic mass is 16.6. The first-order valence-corrected chi connectivity index (χ1v) is 10.7. The molecule has 0 bridgehead atoms. The minimum absolute atomic E-state index is 0.00388. The summed E-state index contributed by atoms with van der Waals surface area (Å²) >= 11 is 0. The molecule has 30 heavy (non-hydrogen) atoms.